The van der Waals surface area contributed by atoms with Crippen LogP contribution in [0.15, 0.2) is 0 Å². The molecule has 2 atom stereocenters. The normalized spacial score (nSPS) is 24.6. The third-order valence-electron chi connectivity index (χ3n) is 5.01. The monoisotopic (exact) mass is 385 g/mol. The van der Waals surface area contributed by atoms with Crippen molar-refractivity contribution in [2.75, 3.05) is 0 Å². The summed E-state index contributed by atoms with van der Waals surface area (Å²) in [7, 11) is 0. The van der Waals surface area contributed by atoms with Crippen LogP contribution in [0.4, 0.5) is 13.6 Å². The topological polar surface area (TPSA) is 84.7 Å². The van der Waals surface area contributed by atoms with Gasteiger partial charge in [0.1, 0.15) is 11.3 Å². The van der Waals surface area contributed by atoms with E-state index in [4.69, 9.17) is 4.74 Å². The second-order valence-electron chi connectivity index (χ2n) is 8.40. The Labute approximate surface area is 156 Å². The summed E-state index contributed by atoms with van der Waals surface area (Å²) in [6.07, 6.45) is -0.903. The second kappa shape index (κ2) is 6.45. The van der Waals surface area contributed by atoms with E-state index in [-0.39, 0.29) is 31.2 Å². The number of nitrogens with zero attached hydrogens (tertiary/aromatic N) is 3. The van der Waals surface area contributed by atoms with Crippen molar-refractivity contribution in [3.8, 4) is 0 Å². The first-order valence-corrected chi connectivity index (χ1v) is 9.08. The minimum absolute atomic E-state index is 0.0198. The molecule has 9 heteroatoms. The molecular weight excluding hydrogens is 360 g/mol. The molecule has 2 aliphatic rings. The molecule has 3 rings (SSSR count). The van der Waals surface area contributed by atoms with Crippen molar-refractivity contribution >= 4 is 12.1 Å². The number of carboxylic acid groups (broad SMARTS) is 1. The van der Waals surface area contributed by atoms with Gasteiger partial charge in [-0.05, 0) is 34.1 Å². The zero-order chi connectivity index (χ0) is 20.1. The highest BCUT2D eigenvalue weighted by Gasteiger charge is 2.46. The standard InChI is InChI=1S/C18H25F2N3O4/c1-10-7-13-12(9-22(10)16(26)27-17(2,3)4)14-18(19,20)6-5-11(15(24)25)8-23(14)21-13/h10-11H,5-9H2,1-4H3,(H,24,25)/t10-,11?/m1/s1. The molecule has 2 aliphatic heterocycles. The summed E-state index contributed by atoms with van der Waals surface area (Å²) in [5, 5.41) is 13.6. The molecule has 0 radical (unpaired) electrons. The maximum Gasteiger partial charge on any atom is 0.410 e. The second-order valence-corrected chi connectivity index (χ2v) is 8.40. The summed E-state index contributed by atoms with van der Waals surface area (Å²) in [5.74, 6) is -5.20. The first kappa shape index (κ1) is 19.6. The number of alkyl halides is 2. The molecule has 3 heterocycles. The molecule has 0 saturated heterocycles. The minimum Gasteiger partial charge on any atom is -0.481 e. The zero-order valence-electron chi connectivity index (χ0n) is 16.0. The first-order chi connectivity index (χ1) is 12.4. The molecule has 0 bridgehead atoms. The third kappa shape index (κ3) is 3.77. The van der Waals surface area contributed by atoms with Gasteiger partial charge < -0.3 is 14.7 Å². The molecule has 1 aromatic rings. The van der Waals surface area contributed by atoms with Gasteiger partial charge in [0.05, 0.1) is 24.7 Å². The minimum atomic E-state index is -3.19. The van der Waals surface area contributed by atoms with E-state index >= 15 is 0 Å². The summed E-state index contributed by atoms with van der Waals surface area (Å²) in [5.41, 5.74) is -0.134. The van der Waals surface area contributed by atoms with Crippen LogP contribution in [0.2, 0.25) is 0 Å². The lowest BCUT2D eigenvalue weighted by Crippen LogP contribution is -2.45. The van der Waals surface area contributed by atoms with E-state index in [1.54, 1.807) is 20.8 Å². The van der Waals surface area contributed by atoms with Crippen molar-refractivity contribution in [3.05, 3.63) is 17.0 Å². The Morgan fingerprint density at radius 1 is 1.33 bits per heavy atom. The van der Waals surface area contributed by atoms with E-state index < -0.39 is 35.9 Å². The van der Waals surface area contributed by atoms with Gasteiger partial charge in [-0.1, -0.05) is 0 Å². The largest absolute Gasteiger partial charge is 0.481 e. The van der Waals surface area contributed by atoms with Gasteiger partial charge in [0.2, 0.25) is 0 Å². The van der Waals surface area contributed by atoms with E-state index in [1.165, 1.54) is 4.90 Å². The average molecular weight is 385 g/mol. The smallest absolute Gasteiger partial charge is 0.410 e. The van der Waals surface area contributed by atoms with Gasteiger partial charge in [0.25, 0.3) is 5.92 Å². The SMILES string of the molecule is C[C@@H]1Cc2nn3c(c2CN1C(=O)OC(C)(C)C)C(F)(F)CCC(C(=O)O)C3. The lowest BCUT2D eigenvalue weighted by Gasteiger charge is -2.35. The maximum atomic E-state index is 14.8. The average Bonchev–Trinajstić information content (AvgIpc) is 2.79. The quantitative estimate of drug-likeness (QED) is 0.803. The van der Waals surface area contributed by atoms with Gasteiger partial charge in [-0.2, -0.15) is 13.9 Å². The number of carboxylic acids is 1. The van der Waals surface area contributed by atoms with E-state index in [0.717, 1.165) is 4.68 Å². The Kier molecular flexibility index (Phi) is 4.68. The highest BCUT2D eigenvalue weighted by Crippen LogP contribution is 2.42. The molecule has 0 aromatic carbocycles. The molecule has 150 valence electrons. The lowest BCUT2D eigenvalue weighted by molar-refractivity contribution is -0.142. The fourth-order valence-electron chi connectivity index (χ4n) is 3.68. The van der Waals surface area contributed by atoms with E-state index in [0.29, 0.717) is 17.7 Å². The first-order valence-electron chi connectivity index (χ1n) is 9.08. The van der Waals surface area contributed by atoms with Crippen LogP contribution in [0.3, 0.4) is 0 Å². The summed E-state index contributed by atoms with van der Waals surface area (Å²) >= 11 is 0. The van der Waals surface area contributed by atoms with Gasteiger partial charge >= 0.3 is 12.1 Å². The van der Waals surface area contributed by atoms with Crippen molar-refractivity contribution in [1.82, 2.24) is 14.7 Å². The van der Waals surface area contributed by atoms with Gasteiger partial charge in [0, 0.05) is 24.4 Å². The number of amides is 1. The number of ether oxygens (including phenoxy) is 1. The molecule has 27 heavy (non-hydrogen) atoms. The molecule has 0 fully saturated rings. The Balaban J connectivity index is 1.97. The number of halogens is 2. The molecule has 1 N–H and O–H groups in total. The van der Waals surface area contributed by atoms with Gasteiger partial charge in [-0.15, -0.1) is 0 Å². The molecule has 0 spiro atoms. The highest BCUT2D eigenvalue weighted by molar-refractivity contribution is 5.70. The number of aliphatic carboxylic acids is 1. The van der Waals surface area contributed by atoms with Crippen LogP contribution in [0.1, 0.15) is 57.5 Å². The molecular formula is C18H25F2N3O4. The Morgan fingerprint density at radius 3 is 2.59 bits per heavy atom. The van der Waals surface area contributed by atoms with Crippen molar-refractivity contribution in [3.63, 3.8) is 0 Å². The van der Waals surface area contributed by atoms with Gasteiger partial charge in [-0.25, -0.2) is 4.79 Å². The Bertz CT molecular complexity index is 769. The number of carbonyl (C=O) groups is 2. The van der Waals surface area contributed by atoms with Crippen LogP contribution >= 0.6 is 0 Å². The van der Waals surface area contributed by atoms with Crippen LogP contribution < -0.4 is 0 Å². The van der Waals surface area contributed by atoms with Gasteiger partial charge in [-0.3, -0.25) is 9.48 Å². The van der Waals surface area contributed by atoms with Crippen LogP contribution in [-0.4, -0.2) is 43.5 Å². The van der Waals surface area contributed by atoms with Crippen molar-refractivity contribution in [2.45, 2.75) is 77.6 Å². The van der Waals surface area contributed by atoms with Crippen molar-refractivity contribution in [1.29, 1.82) is 0 Å². The van der Waals surface area contributed by atoms with Crippen molar-refractivity contribution in [2.24, 2.45) is 5.92 Å². The number of carbonyl (C=O) groups excluding carboxylic acids is 1. The molecule has 1 amide bonds. The predicted molar refractivity (Wildman–Crippen MR) is 91.4 cm³/mol. The Morgan fingerprint density at radius 2 is 2.00 bits per heavy atom. The summed E-state index contributed by atoms with van der Waals surface area (Å²) < 4.78 is 36.2. The van der Waals surface area contributed by atoms with Crippen LogP contribution in [0.5, 0.6) is 0 Å². The summed E-state index contributed by atoms with van der Waals surface area (Å²) in [6.45, 7) is 6.95. The highest BCUT2D eigenvalue weighted by atomic mass is 19.3. The summed E-state index contributed by atoms with van der Waals surface area (Å²) in [6, 6.07) is -0.254. The van der Waals surface area contributed by atoms with E-state index in [1.807, 2.05) is 6.92 Å². The van der Waals surface area contributed by atoms with Crippen LogP contribution in [-0.2, 0) is 35.0 Å². The fraction of sp³-hybridized carbons (Fsp3) is 0.722. The molecule has 7 nitrogen and oxygen atoms in total. The molecule has 0 aliphatic carbocycles. The molecule has 0 saturated carbocycles. The van der Waals surface area contributed by atoms with E-state index in [2.05, 4.69) is 5.10 Å². The van der Waals surface area contributed by atoms with Crippen LogP contribution in [0.25, 0.3) is 0 Å². The molecule has 1 aromatic heterocycles. The predicted octanol–water partition coefficient (Wildman–Crippen LogP) is 3.15. The van der Waals surface area contributed by atoms with E-state index in [9.17, 15) is 23.5 Å². The van der Waals surface area contributed by atoms with Crippen LogP contribution in [0, 0.1) is 5.92 Å². The molecule has 1 unspecified atom stereocenters. The summed E-state index contributed by atoms with van der Waals surface area (Å²) in [4.78, 5) is 25.3. The number of hydrogen-bond donors (Lipinski definition) is 1. The number of aromatic nitrogens is 2. The van der Waals surface area contributed by atoms with Crippen molar-refractivity contribution < 1.29 is 28.2 Å². The Hall–Kier alpha value is -2.19. The third-order valence-corrected chi connectivity index (χ3v) is 5.01. The fourth-order valence-corrected chi connectivity index (χ4v) is 3.68. The zero-order valence-corrected chi connectivity index (χ0v) is 16.0. The number of hydrogen-bond acceptors (Lipinski definition) is 4. The lowest BCUT2D eigenvalue weighted by atomic mass is 9.96. The maximum absolute atomic E-state index is 14.8. The number of fused-ring (bicyclic) bond motifs is 3. The van der Waals surface area contributed by atoms with Gasteiger partial charge in [0.15, 0.2) is 0 Å². The number of rotatable bonds is 1.